The Morgan fingerprint density at radius 2 is 1.73 bits per heavy atom. The molecule has 2 aliphatic carbocycles. The first-order valence-electron chi connectivity index (χ1n) is 8.86. The van der Waals surface area contributed by atoms with Gasteiger partial charge in [-0.2, -0.15) is 0 Å². The molecule has 0 spiro atoms. The lowest BCUT2D eigenvalue weighted by molar-refractivity contribution is -0.128. The lowest BCUT2D eigenvalue weighted by atomic mass is 9.65. The van der Waals surface area contributed by atoms with Gasteiger partial charge >= 0.3 is 0 Å². The monoisotopic (exact) mass is 402 g/mol. The SMILES string of the molecule is Cl.Cl.NC1C2CCCC1CC(C(=O)NCCC(=O)Nc1ccncc1)C2. The molecule has 0 radical (unpaired) electrons. The van der Waals surface area contributed by atoms with Crippen LogP contribution < -0.4 is 16.4 Å². The third-order valence-electron chi connectivity index (χ3n) is 5.40. The Morgan fingerprint density at radius 3 is 2.35 bits per heavy atom. The molecule has 2 fully saturated rings. The molecule has 0 aliphatic heterocycles. The van der Waals surface area contributed by atoms with Gasteiger partial charge in [0.15, 0.2) is 0 Å². The zero-order chi connectivity index (χ0) is 16.9. The van der Waals surface area contributed by atoms with Gasteiger partial charge in [-0.1, -0.05) is 6.42 Å². The van der Waals surface area contributed by atoms with Crippen LogP contribution in [0.2, 0.25) is 0 Å². The molecular formula is C18H28Cl2N4O2. The molecule has 2 aliphatic rings. The summed E-state index contributed by atoms with van der Waals surface area (Å²) in [5.74, 6) is 1.01. The minimum absolute atomic E-state index is 0. The van der Waals surface area contributed by atoms with E-state index in [2.05, 4.69) is 15.6 Å². The zero-order valence-electron chi connectivity index (χ0n) is 14.7. The average molecular weight is 403 g/mol. The summed E-state index contributed by atoms with van der Waals surface area (Å²) in [7, 11) is 0. The minimum Gasteiger partial charge on any atom is -0.355 e. The molecule has 2 atom stereocenters. The maximum atomic E-state index is 12.4. The van der Waals surface area contributed by atoms with Crippen LogP contribution in [0.4, 0.5) is 5.69 Å². The van der Waals surface area contributed by atoms with Crippen molar-refractivity contribution >= 4 is 42.3 Å². The maximum absolute atomic E-state index is 12.4. The van der Waals surface area contributed by atoms with Gasteiger partial charge in [-0.15, -0.1) is 24.8 Å². The second-order valence-corrected chi connectivity index (χ2v) is 7.02. The molecule has 6 nitrogen and oxygen atoms in total. The van der Waals surface area contributed by atoms with E-state index in [9.17, 15) is 9.59 Å². The van der Waals surface area contributed by atoms with E-state index in [1.165, 1.54) is 6.42 Å². The van der Waals surface area contributed by atoms with Crippen LogP contribution in [0, 0.1) is 17.8 Å². The quantitative estimate of drug-likeness (QED) is 0.704. The summed E-state index contributed by atoms with van der Waals surface area (Å²) in [6.07, 6.45) is 8.86. The van der Waals surface area contributed by atoms with Gasteiger partial charge < -0.3 is 16.4 Å². The number of amides is 2. The van der Waals surface area contributed by atoms with Crippen LogP contribution in [0.25, 0.3) is 0 Å². The Kier molecular flexibility index (Phi) is 9.33. The molecule has 3 rings (SSSR count). The molecule has 0 saturated heterocycles. The van der Waals surface area contributed by atoms with Crippen LogP contribution in [-0.4, -0.2) is 29.4 Å². The average Bonchev–Trinajstić information content (AvgIpc) is 2.55. The van der Waals surface area contributed by atoms with Crippen molar-refractivity contribution in [1.82, 2.24) is 10.3 Å². The number of carbonyl (C=O) groups excluding carboxylic acids is 2. The highest BCUT2D eigenvalue weighted by Crippen LogP contribution is 2.41. The lowest BCUT2D eigenvalue weighted by Gasteiger charge is -2.43. The number of carbonyl (C=O) groups is 2. The van der Waals surface area contributed by atoms with Gasteiger partial charge in [0.2, 0.25) is 11.8 Å². The number of aromatic nitrogens is 1. The second kappa shape index (κ2) is 10.7. The van der Waals surface area contributed by atoms with Crippen molar-refractivity contribution in [3.63, 3.8) is 0 Å². The normalized spacial score (nSPS) is 26.7. The number of halogens is 2. The summed E-state index contributed by atoms with van der Waals surface area (Å²) in [5, 5.41) is 5.71. The smallest absolute Gasteiger partial charge is 0.226 e. The predicted molar refractivity (Wildman–Crippen MR) is 107 cm³/mol. The minimum atomic E-state index is -0.107. The van der Waals surface area contributed by atoms with Crippen molar-refractivity contribution in [3.8, 4) is 0 Å². The molecule has 1 heterocycles. The van der Waals surface area contributed by atoms with Crippen molar-refractivity contribution in [2.24, 2.45) is 23.5 Å². The molecule has 8 heteroatoms. The maximum Gasteiger partial charge on any atom is 0.226 e. The number of rotatable bonds is 5. The highest BCUT2D eigenvalue weighted by atomic mass is 35.5. The Bertz CT molecular complexity index is 574. The molecule has 26 heavy (non-hydrogen) atoms. The number of fused-ring (bicyclic) bond motifs is 2. The van der Waals surface area contributed by atoms with Crippen molar-refractivity contribution < 1.29 is 9.59 Å². The van der Waals surface area contributed by atoms with E-state index >= 15 is 0 Å². The Morgan fingerprint density at radius 1 is 1.12 bits per heavy atom. The topological polar surface area (TPSA) is 97.1 Å². The third-order valence-corrected chi connectivity index (χ3v) is 5.40. The largest absolute Gasteiger partial charge is 0.355 e. The van der Waals surface area contributed by atoms with E-state index in [4.69, 9.17) is 5.73 Å². The molecule has 2 saturated carbocycles. The van der Waals surface area contributed by atoms with Crippen LogP contribution in [-0.2, 0) is 9.59 Å². The first-order chi connectivity index (χ1) is 11.6. The van der Waals surface area contributed by atoms with Crippen LogP contribution in [0.5, 0.6) is 0 Å². The fraction of sp³-hybridized carbons (Fsp3) is 0.611. The van der Waals surface area contributed by atoms with E-state index in [0.717, 1.165) is 31.4 Å². The number of nitrogens with two attached hydrogens (primary N) is 1. The molecule has 2 bridgehead atoms. The highest BCUT2D eigenvalue weighted by Gasteiger charge is 2.40. The molecule has 1 aromatic heterocycles. The van der Waals surface area contributed by atoms with E-state index in [1.54, 1.807) is 24.5 Å². The van der Waals surface area contributed by atoms with Gasteiger partial charge in [0.05, 0.1) is 0 Å². The number of hydrogen-bond donors (Lipinski definition) is 3. The van der Waals surface area contributed by atoms with E-state index in [1.807, 2.05) is 0 Å². The summed E-state index contributed by atoms with van der Waals surface area (Å²) in [4.78, 5) is 28.2. The van der Waals surface area contributed by atoms with Gasteiger partial charge in [-0.3, -0.25) is 14.6 Å². The first-order valence-corrected chi connectivity index (χ1v) is 8.86. The fourth-order valence-electron chi connectivity index (χ4n) is 4.11. The standard InChI is InChI=1S/C18H26N4O2.2ClH/c19-17-12-2-1-3-13(17)11-14(10-12)18(24)21-9-6-16(23)22-15-4-7-20-8-5-15;;/h4-5,7-8,12-14,17H,1-3,6,9-11,19H2,(H,21,24)(H,20,22,23);2*1H. The number of pyridine rings is 1. The summed E-state index contributed by atoms with van der Waals surface area (Å²) in [6.45, 7) is 0.369. The van der Waals surface area contributed by atoms with Gasteiger partial charge in [0.25, 0.3) is 0 Å². The summed E-state index contributed by atoms with van der Waals surface area (Å²) in [6, 6.07) is 3.75. The van der Waals surface area contributed by atoms with Gasteiger partial charge in [0.1, 0.15) is 0 Å². The summed E-state index contributed by atoms with van der Waals surface area (Å²) < 4.78 is 0. The van der Waals surface area contributed by atoms with Crippen molar-refractivity contribution in [2.45, 2.75) is 44.6 Å². The molecule has 2 amide bonds. The van der Waals surface area contributed by atoms with Crippen molar-refractivity contribution in [2.75, 3.05) is 11.9 Å². The van der Waals surface area contributed by atoms with E-state index in [-0.39, 0.29) is 55.0 Å². The number of nitrogens with zero attached hydrogens (tertiary/aromatic N) is 1. The molecular weight excluding hydrogens is 375 g/mol. The third kappa shape index (κ3) is 5.83. The van der Waals surface area contributed by atoms with Gasteiger partial charge in [-0.25, -0.2) is 0 Å². The van der Waals surface area contributed by atoms with Crippen molar-refractivity contribution in [3.05, 3.63) is 24.5 Å². The predicted octanol–water partition coefficient (Wildman–Crippen LogP) is 2.52. The Balaban J connectivity index is 0.00000169. The summed E-state index contributed by atoms with van der Waals surface area (Å²) in [5.41, 5.74) is 6.99. The Hall–Kier alpha value is -1.37. The molecule has 2 unspecified atom stereocenters. The van der Waals surface area contributed by atoms with Crippen molar-refractivity contribution in [1.29, 1.82) is 0 Å². The van der Waals surface area contributed by atoms with Gasteiger partial charge in [0, 0.05) is 43.0 Å². The Labute approximate surface area is 166 Å². The number of hydrogen-bond acceptors (Lipinski definition) is 4. The first kappa shape index (κ1) is 22.7. The van der Waals surface area contributed by atoms with Gasteiger partial charge in [-0.05, 0) is 49.7 Å². The highest BCUT2D eigenvalue weighted by molar-refractivity contribution is 5.91. The molecule has 4 N–H and O–H groups in total. The van der Waals surface area contributed by atoms with E-state index in [0.29, 0.717) is 18.4 Å². The second-order valence-electron chi connectivity index (χ2n) is 7.02. The number of anilines is 1. The fourth-order valence-corrected chi connectivity index (χ4v) is 4.11. The van der Waals surface area contributed by atoms with Crippen LogP contribution in [0.1, 0.15) is 38.5 Å². The number of nitrogens with one attached hydrogen (secondary N) is 2. The van der Waals surface area contributed by atoms with Crippen LogP contribution in [0.3, 0.4) is 0 Å². The van der Waals surface area contributed by atoms with E-state index < -0.39 is 0 Å². The zero-order valence-corrected chi connectivity index (χ0v) is 16.4. The molecule has 0 aromatic carbocycles. The molecule has 1 aromatic rings. The van der Waals surface area contributed by atoms with Crippen LogP contribution >= 0.6 is 24.8 Å². The van der Waals surface area contributed by atoms with Crippen LogP contribution in [0.15, 0.2) is 24.5 Å². The molecule has 146 valence electrons. The summed E-state index contributed by atoms with van der Waals surface area (Å²) >= 11 is 0. The lowest BCUT2D eigenvalue weighted by Crippen LogP contribution is -2.49.